The third kappa shape index (κ3) is 3.56. The fourth-order valence-electron chi connectivity index (χ4n) is 1.24. The Morgan fingerprint density at radius 2 is 2.22 bits per heavy atom. The van der Waals surface area contributed by atoms with Crippen LogP contribution in [0.5, 0.6) is 0 Å². The number of carbonyl (C=O) groups excluding carboxylic acids is 1. The summed E-state index contributed by atoms with van der Waals surface area (Å²) in [6.07, 6.45) is 0. The SMILES string of the molecule is COCC(NC(=O)c1cc(C(C)C)on1)C(=O)O. The summed E-state index contributed by atoms with van der Waals surface area (Å²) in [7, 11) is 1.36. The van der Waals surface area contributed by atoms with Crippen LogP contribution in [0.2, 0.25) is 0 Å². The smallest absolute Gasteiger partial charge is 0.328 e. The Bertz CT molecular complexity index is 427. The zero-order valence-electron chi connectivity index (χ0n) is 10.5. The van der Waals surface area contributed by atoms with Gasteiger partial charge < -0.3 is 19.7 Å². The lowest BCUT2D eigenvalue weighted by Crippen LogP contribution is -2.43. The van der Waals surface area contributed by atoms with Crippen molar-refractivity contribution in [3.8, 4) is 0 Å². The zero-order chi connectivity index (χ0) is 13.7. The van der Waals surface area contributed by atoms with Crippen LogP contribution in [0.4, 0.5) is 0 Å². The zero-order valence-corrected chi connectivity index (χ0v) is 10.5. The summed E-state index contributed by atoms with van der Waals surface area (Å²) >= 11 is 0. The number of aromatic nitrogens is 1. The summed E-state index contributed by atoms with van der Waals surface area (Å²) in [6.45, 7) is 3.68. The van der Waals surface area contributed by atoms with Gasteiger partial charge in [0.05, 0.1) is 6.61 Å². The van der Waals surface area contributed by atoms with Crippen LogP contribution in [-0.2, 0) is 9.53 Å². The van der Waals surface area contributed by atoms with Gasteiger partial charge in [-0.2, -0.15) is 0 Å². The minimum absolute atomic E-state index is 0.0565. The predicted molar refractivity (Wildman–Crippen MR) is 61.4 cm³/mol. The highest BCUT2D eigenvalue weighted by Crippen LogP contribution is 2.14. The molecule has 1 unspecified atom stereocenters. The third-order valence-corrected chi connectivity index (χ3v) is 2.27. The minimum Gasteiger partial charge on any atom is -0.480 e. The molecule has 0 radical (unpaired) electrons. The highest BCUT2D eigenvalue weighted by atomic mass is 16.5. The summed E-state index contributed by atoms with van der Waals surface area (Å²) in [6, 6.07) is 0.382. The molecule has 7 heteroatoms. The molecule has 0 aliphatic heterocycles. The maximum absolute atomic E-state index is 11.7. The predicted octanol–water partition coefficient (Wildman–Crippen LogP) is 0.627. The normalized spacial score (nSPS) is 12.4. The van der Waals surface area contributed by atoms with Gasteiger partial charge in [0, 0.05) is 19.1 Å². The van der Waals surface area contributed by atoms with Crippen LogP contribution in [-0.4, -0.2) is 41.9 Å². The number of nitrogens with zero attached hydrogens (tertiary/aromatic N) is 1. The first-order chi connectivity index (χ1) is 8.45. The number of rotatable bonds is 6. The van der Waals surface area contributed by atoms with E-state index < -0.39 is 17.9 Å². The second-order valence-corrected chi connectivity index (χ2v) is 4.09. The first-order valence-corrected chi connectivity index (χ1v) is 5.45. The van der Waals surface area contributed by atoms with Crippen molar-refractivity contribution in [2.24, 2.45) is 0 Å². The molecule has 0 saturated heterocycles. The van der Waals surface area contributed by atoms with Gasteiger partial charge in [-0.25, -0.2) is 4.79 Å². The van der Waals surface area contributed by atoms with E-state index in [2.05, 4.69) is 10.5 Å². The average molecular weight is 256 g/mol. The van der Waals surface area contributed by atoms with Crippen LogP contribution in [0, 0.1) is 0 Å². The molecule has 0 saturated carbocycles. The summed E-state index contributed by atoms with van der Waals surface area (Å²) in [5, 5.41) is 14.7. The maximum Gasteiger partial charge on any atom is 0.328 e. The van der Waals surface area contributed by atoms with Crippen LogP contribution >= 0.6 is 0 Å². The summed E-state index contributed by atoms with van der Waals surface area (Å²) < 4.78 is 9.67. The van der Waals surface area contributed by atoms with Gasteiger partial charge in [-0.3, -0.25) is 4.79 Å². The van der Waals surface area contributed by atoms with Crippen LogP contribution in [0.25, 0.3) is 0 Å². The molecule has 0 bridgehead atoms. The molecule has 7 nitrogen and oxygen atoms in total. The first kappa shape index (κ1) is 14.2. The van der Waals surface area contributed by atoms with E-state index in [1.165, 1.54) is 13.2 Å². The van der Waals surface area contributed by atoms with E-state index in [0.717, 1.165) is 0 Å². The molecule has 0 aliphatic carbocycles. The van der Waals surface area contributed by atoms with E-state index >= 15 is 0 Å². The second-order valence-electron chi connectivity index (χ2n) is 4.09. The fourth-order valence-corrected chi connectivity index (χ4v) is 1.24. The third-order valence-electron chi connectivity index (χ3n) is 2.27. The van der Waals surface area contributed by atoms with E-state index in [1.54, 1.807) is 0 Å². The Balaban J connectivity index is 2.71. The van der Waals surface area contributed by atoms with Gasteiger partial charge in [0.25, 0.3) is 5.91 Å². The number of aliphatic carboxylic acids is 1. The molecular weight excluding hydrogens is 240 g/mol. The Labute approximate surface area is 104 Å². The minimum atomic E-state index is -1.17. The molecule has 18 heavy (non-hydrogen) atoms. The Hall–Kier alpha value is -1.89. The summed E-state index contributed by atoms with van der Waals surface area (Å²) in [4.78, 5) is 22.5. The average Bonchev–Trinajstić information content (AvgIpc) is 2.77. The van der Waals surface area contributed by atoms with Crippen molar-refractivity contribution in [2.75, 3.05) is 13.7 Å². The monoisotopic (exact) mass is 256 g/mol. The lowest BCUT2D eigenvalue weighted by Gasteiger charge is -2.11. The van der Waals surface area contributed by atoms with Crippen LogP contribution in [0.3, 0.4) is 0 Å². The quantitative estimate of drug-likeness (QED) is 0.774. The highest BCUT2D eigenvalue weighted by molar-refractivity contribution is 5.94. The molecular formula is C11H16N2O5. The molecule has 2 N–H and O–H groups in total. The van der Waals surface area contributed by atoms with Crippen molar-refractivity contribution in [3.05, 3.63) is 17.5 Å². The second kappa shape index (κ2) is 6.15. The summed E-state index contributed by atoms with van der Waals surface area (Å²) in [5.74, 6) is -1.10. The van der Waals surface area contributed by atoms with Gasteiger partial charge in [-0.15, -0.1) is 0 Å². The maximum atomic E-state index is 11.7. The van der Waals surface area contributed by atoms with Gasteiger partial charge in [-0.05, 0) is 0 Å². The van der Waals surface area contributed by atoms with Gasteiger partial charge in [0.15, 0.2) is 11.7 Å². The van der Waals surface area contributed by atoms with E-state index in [9.17, 15) is 9.59 Å². The number of ether oxygens (including phenoxy) is 1. The Morgan fingerprint density at radius 1 is 1.56 bits per heavy atom. The van der Waals surface area contributed by atoms with E-state index in [0.29, 0.717) is 5.76 Å². The lowest BCUT2D eigenvalue weighted by molar-refractivity contribution is -0.140. The van der Waals surface area contributed by atoms with Crippen molar-refractivity contribution in [1.29, 1.82) is 0 Å². The van der Waals surface area contributed by atoms with E-state index in [1.807, 2.05) is 13.8 Å². The van der Waals surface area contributed by atoms with E-state index in [-0.39, 0.29) is 18.2 Å². The number of hydrogen-bond acceptors (Lipinski definition) is 5. The lowest BCUT2D eigenvalue weighted by atomic mass is 10.1. The molecule has 0 aliphatic rings. The molecule has 1 amide bonds. The number of hydrogen-bond donors (Lipinski definition) is 2. The number of carboxylic acids is 1. The molecule has 1 aromatic heterocycles. The molecule has 1 heterocycles. The van der Waals surface area contributed by atoms with Crippen molar-refractivity contribution in [2.45, 2.75) is 25.8 Å². The topological polar surface area (TPSA) is 102 Å². The first-order valence-electron chi connectivity index (χ1n) is 5.45. The highest BCUT2D eigenvalue weighted by Gasteiger charge is 2.22. The van der Waals surface area contributed by atoms with Crippen LogP contribution in [0.15, 0.2) is 10.6 Å². The number of amides is 1. The number of carboxylic acid groups (broad SMARTS) is 1. The van der Waals surface area contributed by atoms with Crippen LogP contribution < -0.4 is 5.32 Å². The Morgan fingerprint density at radius 3 is 2.67 bits per heavy atom. The largest absolute Gasteiger partial charge is 0.480 e. The molecule has 0 aromatic carbocycles. The van der Waals surface area contributed by atoms with Crippen molar-refractivity contribution >= 4 is 11.9 Å². The molecule has 1 atom stereocenters. The molecule has 1 rings (SSSR count). The van der Waals surface area contributed by atoms with Gasteiger partial charge in [0.1, 0.15) is 5.76 Å². The van der Waals surface area contributed by atoms with Crippen molar-refractivity contribution < 1.29 is 24.0 Å². The number of methoxy groups -OCH3 is 1. The van der Waals surface area contributed by atoms with E-state index in [4.69, 9.17) is 14.4 Å². The Kier molecular flexibility index (Phi) is 4.85. The molecule has 100 valence electrons. The number of nitrogens with one attached hydrogen (secondary N) is 1. The standard InChI is InChI=1S/C11H16N2O5/c1-6(2)9-4-7(13-18-9)10(14)12-8(5-17-3)11(15)16/h4,6,8H,5H2,1-3H3,(H,12,14)(H,15,16). The molecule has 0 fully saturated rings. The van der Waals surface area contributed by atoms with Gasteiger partial charge in [-0.1, -0.05) is 19.0 Å². The fraction of sp³-hybridized carbons (Fsp3) is 0.545. The number of carbonyl (C=O) groups is 2. The summed E-state index contributed by atoms with van der Waals surface area (Å²) in [5.41, 5.74) is 0.0565. The van der Waals surface area contributed by atoms with Gasteiger partial charge in [0.2, 0.25) is 0 Å². The van der Waals surface area contributed by atoms with Crippen molar-refractivity contribution in [1.82, 2.24) is 10.5 Å². The molecule has 0 spiro atoms. The van der Waals surface area contributed by atoms with Gasteiger partial charge >= 0.3 is 5.97 Å². The van der Waals surface area contributed by atoms with Crippen molar-refractivity contribution in [3.63, 3.8) is 0 Å². The molecule has 1 aromatic rings. The van der Waals surface area contributed by atoms with Crippen LogP contribution in [0.1, 0.15) is 36.0 Å².